The predicted molar refractivity (Wildman–Crippen MR) is 130 cm³/mol. The molecule has 1 aliphatic rings. The van der Waals surface area contributed by atoms with Crippen LogP contribution < -0.4 is 14.4 Å². The second kappa shape index (κ2) is 10.3. The minimum atomic E-state index is 0.0212. The topological polar surface area (TPSA) is 80.9 Å². The van der Waals surface area contributed by atoms with Crippen LogP contribution in [0.1, 0.15) is 29.9 Å². The van der Waals surface area contributed by atoms with E-state index in [0.717, 1.165) is 37.2 Å². The van der Waals surface area contributed by atoms with Crippen molar-refractivity contribution in [2.45, 2.75) is 33.2 Å². The maximum Gasteiger partial charge on any atom is 0.241 e. The van der Waals surface area contributed by atoms with Gasteiger partial charge in [-0.25, -0.2) is 0 Å². The van der Waals surface area contributed by atoms with E-state index in [1.165, 1.54) is 11.1 Å². The molecule has 4 rings (SSSR count). The first-order valence-corrected chi connectivity index (χ1v) is 11.5. The number of amides is 1. The number of benzene rings is 2. The average molecular weight is 465 g/mol. The first kappa shape index (κ1) is 23.8. The van der Waals surface area contributed by atoms with Gasteiger partial charge in [0.1, 0.15) is 0 Å². The Morgan fingerprint density at radius 2 is 1.79 bits per heavy atom. The van der Waals surface area contributed by atoms with Gasteiger partial charge in [0.25, 0.3) is 0 Å². The Bertz CT molecular complexity index is 1150. The Balaban J connectivity index is 1.33. The molecule has 0 N–H and O–H groups in total. The van der Waals surface area contributed by atoms with Gasteiger partial charge in [-0.15, -0.1) is 0 Å². The molecule has 0 spiro atoms. The lowest BCUT2D eigenvalue weighted by molar-refractivity contribution is -0.123. The Morgan fingerprint density at radius 3 is 2.47 bits per heavy atom. The van der Waals surface area contributed by atoms with E-state index in [1.807, 2.05) is 31.3 Å². The molecule has 3 aromatic rings. The van der Waals surface area contributed by atoms with Crippen LogP contribution in [-0.2, 0) is 11.3 Å². The number of ether oxygens (including phenoxy) is 2. The smallest absolute Gasteiger partial charge is 0.241 e. The van der Waals surface area contributed by atoms with Crippen LogP contribution in [0.15, 0.2) is 40.9 Å². The second-order valence-electron chi connectivity index (χ2n) is 8.80. The highest BCUT2D eigenvalue weighted by Crippen LogP contribution is 2.31. The number of likely N-dealkylation sites (tertiary alicyclic amines) is 1. The Hall–Kier alpha value is -3.39. The third-order valence-electron chi connectivity index (χ3n) is 6.61. The van der Waals surface area contributed by atoms with Gasteiger partial charge in [-0.05, 0) is 81.2 Å². The predicted octanol–water partition coefficient (Wildman–Crippen LogP) is 4.25. The highest BCUT2D eigenvalue weighted by Gasteiger charge is 2.28. The van der Waals surface area contributed by atoms with E-state index in [2.05, 4.69) is 41.0 Å². The fourth-order valence-corrected chi connectivity index (χ4v) is 4.28. The normalized spacial score (nSPS) is 14.7. The number of piperidine rings is 1. The summed E-state index contributed by atoms with van der Waals surface area (Å²) in [5, 5.41) is 4.13. The number of anilines is 1. The molecule has 0 bridgehead atoms. The van der Waals surface area contributed by atoms with E-state index < -0.39 is 0 Å². The van der Waals surface area contributed by atoms with Crippen LogP contribution in [0.5, 0.6) is 11.5 Å². The van der Waals surface area contributed by atoms with Gasteiger partial charge in [0.2, 0.25) is 17.6 Å². The second-order valence-corrected chi connectivity index (χ2v) is 8.80. The molecule has 34 heavy (non-hydrogen) atoms. The van der Waals surface area contributed by atoms with Crippen molar-refractivity contribution < 1.29 is 18.8 Å². The number of aromatic nitrogens is 2. The first-order chi connectivity index (χ1) is 16.4. The molecular formula is C26H32N4O4. The van der Waals surface area contributed by atoms with Crippen molar-refractivity contribution in [3.63, 3.8) is 0 Å². The van der Waals surface area contributed by atoms with Crippen molar-refractivity contribution in [3.05, 3.63) is 53.4 Å². The fourth-order valence-electron chi connectivity index (χ4n) is 4.28. The summed E-state index contributed by atoms with van der Waals surface area (Å²) in [5.41, 5.74) is 4.17. The van der Waals surface area contributed by atoms with Crippen molar-refractivity contribution in [1.29, 1.82) is 0 Å². The van der Waals surface area contributed by atoms with E-state index in [1.54, 1.807) is 19.1 Å². The van der Waals surface area contributed by atoms with Crippen LogP contribution in [-0.4, -0.2) is 55.3 Å². The molecule has 8 heteroatoms. The van der Waals surface area contributed by atoms with E-state index in [9.17, 15) is 4.79 Å². The quantitative estimate of drug-likeness (QED) is 0.517. The maximum atomic E-state index is 13.1. The lowest BCUT2D eigenvalue weighted by Gasteiger charge is -2.32. The van der Waals surface area contributed by atoms with Crippen LogP contribution in [0.25, 0.3) is 11.4 Å². The standard InChI is InChI=1S/C26H32N4O4/c1-17-6-8-21(14-18(17)2)29(3)26(31)19-10-12-30(13-11-19)16-24-27-25(28-34-24)20-7-9-22(32-4)23(15-20)33-5/h6-9,14-15,19H,10-13,16H2,1-5H3. The summed E-state index contributed by atoms with van der Waals surface area (Å²) >= 11 is 0. The molecule has 0 saturated carbocycles. The number of hydrogen-bond donors (Lipinski definition) is 0. The van der Waals surface area contributed by atoms with Gasteiger partial charge in [-0.1, -0.05) is 11.2 Å². The minimum absolute atomic E-state index is 0.0212. The molecule has 180 valence electrons. The molecule has 0 aliphatic carbocycles. The number of rotatable bonds is 7. The number of nitrogens with zero attached hydrogens (tertiary/aromatic N) is 4. The summed E-state index contributed by atoms with van der Waals surface area (Å²) in [6, 6.07) is 11.7. The highest BCUT2D eigenvalue weighted by molar-refractivity contribution is 5.94. The van der Waals surface area contributed by atoms with E-state index >= 15 is 0 Å². The van der Waals surface area contributed by atoms with Gasteiger partial charge in [0.15, 0.2) is 11.5 Å². The third kappa shape index (κ3) is 5.07. The van der Waals surface area contributed by atoms with Crippen LogP contribution in [0, 0.1) is 19.8 Å². The molecule has 8 nitrogen and oxygen atoms in total. The summed E-state index contributed by atoms with van der Waals surface area (Å²) in [7, 11) is 5.06. The van der Waals surface area contributed by atoms with Gasteiger partial charge < -0.3 is 18.9 Å². The number of carbonyl (C=O) groups excluding carboxylic acids is 1. The molecule has 2 aromatic carbocycles. The van der Waals surface area contributed by atoms with Gasteiger partial charge in [-0.2, -0.15) is 4.98 Å². The molecule has 0 unspecified atom stereocenters. The lowest BCUT2D eigenvalue weighted by atomic mass is 9.95. The molecule has 1 saturated heterocycles. The fraction of sp³-hybridized carbons (Fsp3) is 0.423. The monoisotopic (exact) mass is 464 g/mol. The zero-order chi connectivity index (χ0) is 24.2. The Labute approximate surface area is 200 Å². The summed E-state index contributed by atoms with van der Waals surface area (Å²) in [6.07, 6.45) is 1.62. The Morgan fingerprint density at radius 1 is 1.06 bits per heavy atom. The largest absolute Gasteiger partial charge is 0.493 e. The van der Waals surface area contributed by atoms with Gasteiger partial charge in [0, 0.05) is 24.2 Å². The van der Waals surface area contributed by atoms with Crippen molar-refractivity contribution in [2.24, 2.45) is 5.92 Å². The Kier molecular flexibility index (Phi) is 7.17. The van der Waals surface area contributed by atoms with Gasteiger partial charge in [-0.3, -0.25) is 9.69 Å². The van der Waals surface area contributed by atoms with Crippen LogP contribution in [0.4, 0.5) is 5.69 Å². The van der Waals surface area contributed by atoms with Crippen LogP contribution >= 0.6 is 0 Å². The summed E-state index contributed by atoms with van der Waals surface area (Å²) in [5.74, 6) is 2.53. The van der Waals surface area contributed by atoms with Crippen molar-refractivity contribution >= 4 is 11.6 Å². The minimum Gasteiger partial charge on any atom is -0.493 e. The third-order valence-corrected chi connectivity index (χ3v) is 6.61. The molecular weight excluding hydrogens is 432 g/mol. The van der Waals surface area contributed by atoms with Crippen molar-refractivity contribution in [2.75, 3.05) is 39.3 Å². The number of aryl methyl sites for hydroxylation is 2. The van der Waals surface area contributed by atoms with E-state index in [4.69, 9.17) is 14.0 Å². The number of carbonyl (C=O) groups is 1. The van der Waals surface area contributed by atoms with Crippen molar-refractivity contribution in [1.82, 2.24) is 15.0 Å². The van der Waals surface area contributed by atoms with Crippen LogP contribution in [0.2, 0.25) is 0 Å². The first-order valence-electron chi connectivity index (χ1n) is 11.5. The van der Waals surface area contributed by atoms with E-state index in [0.29, 0.717) is 29.8 Å². The zero-order valence-corrected chi connectivity index (χ0v) is 20.5. The van der Waals surface area contributed by atoms with Gasteiger partial charge in [0.05, 0.1) is 20.8 Å². The van der Waals surface area contributed by atoms with Crippen LogP contribution in [0.3, 0.4) is 0 Å². The zero-order valence-electron chi connectivity index (χ0n) is 20.5. The lowest BCUT2D eigenvalue weighted by Crippen LogP contribution is -2.41. The summed E-state index contributed by atoms with van der Waals surface area (Å²) in [6.45, 7) is 6.34. The molecule has 1 aliphatic heterocycles. The van der Waals surface area contributed by atoms with E-state index in [-0.39, 0.29) is 11.8 Å². The molecule has 1 amide bonds. The highest BCUT2D eigenvalue weighted by atomic mass is 16.5. The SMILES string of the molecule is COc1ccc(-c2noc(CN3CCC(C(=O)N(C)c4ccc(C)c(C)c4)CC3)n2)cc1OC. The maximum absolute atomic E-state index is 13.1. The van der Waals surface area contributed by atoms with Gasteiger partial charge >= 0.3 is 0 Å². The molecule has 0 atom stereocenters. The van der Waals surface area contributed by atoms with Crippen molar-refractivity contribution in [3.8, 4) is 22.9 Å². The number of hydrogen-bond acceptors (Lipinski definition) is 7. The molecule has 0 radical (unpaired) electrons. The summed E-state index contributed by atoms with van der Waals surface area (Å²) in [4.78, 5) is 21.7. The molecule has 1 aromatic heterocycles. The molecule has 1 fully saturated rings. The molecule has 2 heterocycles. The number of methoxy groups -OCH3 is 2. The average Bonchev–Trinajstić information content (AvgIpc) is 3.33. The summed E-state index contributed by atoms with van der Waals surface area (Å²) < 4.78 is 16.1.